The van der Waals surface area contributed by atoms with E-state index in [1.54, 1.807) is 11.3 Å². The first-order valence-corrected chi connectivity index (χ1v) is 8.29. The predicted octanol–water partition coefficient (Wildman–Crippen LogP) is 3.64. The van der Waals surface area contributed by atoms with Gasteiger partial charge in [0.15, 0.2) is 0 Å². The first-order chi connectivity index (χ1) is 9.49. The molecule has 0 spiro atoms. The molecule has 2 atom stereocenters. The second-order valence-corrected chi connectivity index (χ2v) is 6.44. The Kier molecular flexibility index (Phi) is 9.83. The number of unbranched alkanes of at least 4 members (excludes halogenated alkanes) is 2. The lowest BCUT2D eigenvalue weighted by Gasteiger charge is -2.24. The van der Waals surface area contributed by atoms with Crippen LogP contribution in [0.2, 0.25) is 0 Å². The number of carbonyl (C=O) groups is 1. The molecule has 1 aromatic heterocycles. The standard InChI is InChI=1S/C15H26N2O2S.ClH/c1-3-4-8-15(19,14(16)18)9-6-5-7-12(2)13-17-10-11-20-13;/h10-12,19H,3-9H2,1-2H3,(H2,16,18);1H. The predicted molar refractivity (Wildman–Crippen MR) is 89.9 cm³/mol. The van der Waals surface area contributed by atoms with E-state index in [1.807, 2.05) is 18.5 Å². The van der Waals surface area contributed by atoms with E-state index in [9.17, 15) is 9.90 Å². The van der Waals surface area contributed by atoms with E-state index in [0.29, 0.717) is 18.8 Å². The highest BCUT2D eigenvalue weighted by atomic mass is 35.5. The van der Waals surface area contributed by atoms with Gasteiger partial charge in [-0.2, -0.15) is 0 Å². The molecule has 1 amide bonds. The molecule has 4 nitrogen and oxygen atoms in total. The highest BCUT2D eigenvalue weighted by Crippen LogP contribution is 2.26. The molecule has 1 rings (SSSR count). The van der Waals surface area contributed by atoms with E-state index in [1.165, 1.54) is 0 Å². The Morgan fingerprint density at radius 2 is 2.10 bits per heavy atom. The van der Waals surface area contributed by atoms with Crippen LogP contribution in [0.3, 0.4) is 0 Å². The monoisotopic (exact) mass is 334 g/mol. The van der Waals surface area contributed by atoms with Crippen molar-refractivity contribution < 1.29 is 9.90 Å². The number of aliphatic hydroxyl groups is 1. The van der Waals surface area contributed by atoms with Crippen LogP contribution in [0.15, 0.2) is 11.6 Å². The first kappa shape index (κ1) is 20.3. The van der Waals surface area contributed by atoms with E-state index >= 15 is 0 Å². The second-order valence-electron chi connectivity index (χ2n) is 5.52. The van der Waals surface area contributed by atoms with Crippen LogP contribution in [0.5, 0.6) is 0 Å². The molecule has 2 unspecified atom stereocenters. The number of aromatic nitrogens is 1. The van der Waals surface area contributed by atoms with Crippen LogP contribution in [0, 0.1) is 0 Å². The zero-order chi connectivity index (χ0) is 15.0. The molecule has 0 saturated heterocycles. The lowest BCUT2D eigenvalue weighted by atomic mass is 9.89. The third-order valence-corrected chi connectivity index (χ3v) is 4.76. The van der Waals surface area contributed by atoms with Gasteiger partial charge in [0.1, 0.15) is 5.60 Å². The number of primary amides is 1. The zero-order valence-corrected chi connectivity index (χ0v) is 14.5. The number of thiazole rings is 1. The SMILES string of the molecule is CCCCC(O)(CCCCC(C)c1nccs1)C(N)=O.Cl. The van der Waals surface area contributed by atoms with Crippen LogP contribution in [0.1, 0.15) is 69.7 Å². The molecule has 0 radical (unpaired) electrons. The van der Waals surface area contributed by atoms with E-state index < -0.39 is 11.5 Å². The van der Waals surface area contributed by atoms with E-state index in [4.69, 9.17) is 5.73 Å². The number of rotatable bonds is 10. The molecule has 0 aliphatic heterocycles. The van der Waals surface area contributed by atoms with Crippen LogP contribution in [0.4, 0.5) is 0 Å². The Bertz CT molecular complexity index is 400. The van der Waals surface area contributed by atoms with Crippen molar-refractivity contribution in [1.82, 2.24) is 4.98 Å². The van der Waals surface area contributed by atoms with Crippen molar-refractivity contribution >= 4 is 29.7 Å². The minimum absolute atomic E-state index is 0. The molecule has 21 heavy (non-hydrogen) atoms. The molecule has 0 saturated carbocycles. The molecule has 3 N–H and O–H groups in total. The van der Waals surface area contributed by atoms with Crippen LogP contribution in [-0.2, 0) is 4.79 Å². The summed E-state index contributed by atoms with van der Waals surface area (Å²) in [6, 6.07) is 0. The van der Waals surface area contributed by atoms with Gasteiger partial charge in [0.05, 0.1) is 5.01 Å². The minimum atomic E-state index is -1.32. The van der Waals surface area contributed by atoms with E-state index in [-0.39, 0.29) is 12.4 Å². The number of hydrogen-bond donors (Lipinski definition) is 2. The van der Waals surface area contributed by atoms with Gasteiger partial charge in [-0.15, -0.1) is 23.7 Å². The fraction of sp³-hybridized carbons (Fsp3) is 0.733. The van der Waals surface area contributed by atoms with Gasteiger partial charge in [-0.25, -0.2) is 4.98 Å². The Hall–Kier alpha value is -0.650. The third kappa shape index (κ3) is 6.76. The highest BCUT2D eigenvalue weighted by molar-refractivity contribution is 7.09. The van der Waals surface area contributed by atoms with Gasteiger partial charge in [-0.3, -0.25) is 4.79 Å². The van der Waals surface area contributed by atoms with Crippen molar-refractivity contribution in [3.63, 3.8) is 0 Å². The smallest absolute Gasteiger partial charge is 0.249 e. The van der Waals surface area contributed by atoms with Gasteiger partial charge in [-0.05, 0) is 19.3 Å². The lowest BCUT2D eigenvalue weighted by molar-refractivity contribution is -0.138. The summed E-state index contributed by atoms with van der Waals surface area (Å²) >= 11 is 1.68. The molecule has 0 aromatic carbocycles. The Balaban J connectivity index is 0.00000400. The quantitative estimate of drug-likeness (QED) is 0.641. The Morgan fingerprint density at radius 3 is 2.62 bits per heavy atom. The van der Waals surface area contributed by atoms with Crippen LogP contribution in [-0.4, -0.2) is 21.6 Å². The summed E-state index contributed by atoms with van der Waals surface area (Å²) in [5.41, 5.74) is 4.01. The average molecular weight is 335 g/mol. The molecule has 0 fully saturated rings. The summed E-state index contributed by atoms with van der Waals surface area (Å²) in [5.74, 6) is -0.147. The number of nitrogens with zero attached hydrogens (tertiary/aromatic N) is 1. The third-order valence-electron chi connectivity index (χ3n) is 3.75. The summed E-state index contributed by atoms with van der Waals surface area (Å²) in [7, 11) is 0. The maximum absolute atomic E-state index is 11.4. The summed E-state index contributed by atoms with van der Waals surface area (Å²) < 4.78 is 0. The van der Waals surface area contributed by atoms with E-state index in [0.717, 1.165) is 37.1 Å². The van der Waals surface area contributed by atoms with Gasteiger partial charge in [0.2, 0.25) is 5.91 Å². The molecule has 6 heteroatoms. The number of amides is 1. The first-order valence-electron chi connectivity index (χ1n) is 7.41. The number of nitrogens with two attached hydrogens (primary N) is 1. The fourth-order valence-corrected chi connectivity index (χ4v) is 3.04. The largest absolute Gasteiger partial charge is 0.380 e. The highest BCUT2D eigenvalue weighted by Gasteiger charge is 2.32. The van der Waals surface area contributed by atoms with Gasteiger partial charge < -0.3 is 10.8 Å². The van der Waals surface area contributed by atoms with Crippen LogP contribution < -0.4 is 5.73 Å². The number of halogens is 1. The average Bonchev–Trinajstić information content (AvgIpc) is 2.95. The van der Waals surface area contributed by atoms with Crippen molar-refractivity contribution in [3.05, 3.63) is 16.6 Å². The molecular weight excluding hydrogens is 308 g/mol. The lowest BCUT2D eigenvalue weighted by Crippen LogP contribution is -2.43. The molecule has 122 valence electrons. The molecule has 1 aromatic rings. The van der Waals surface area contributed by atoms with Crippen molar-refractivity contribution in [1.29, 1.82) is 0 Å². The van der Waals surface area contributed by atoms with Crippen LogP contribution in [0.25, 0.3) is 0 Å². The maximum atomic E-state index is 11.4. The molecule has 0 aliphatic carbocycles. The molecule has 1 heterocycles. The van der Waals surface area contributed by atoms with Crippen LogP contribution >= 0.6 is 23.7 Å². The van der Waals surface area contributed by atoms with Gasteiger partial charge >= 0.3 is 0 Å². The number of hydrogen-bond acceptors (Lipinski definition) is 4. The molecular formula is C15H27ClN2O2S. The minimum Gasteiger partial charge on any atom is -0.380 e. The van der Waals surface area contributed by atoms with Crippen molar-refractivity contribution in [3.8, 4) is 0 Å². The summed E-state index contributed by atoms with van der Waals surface area (Å²) in [6.45, 7) is 4.20. The Morgan fingerprint density at radius 1 is 1.43 bits per heavy atom. The van der Waals surface area contributed by atoms with Gasteiger partial charge in [0.25, 0.3) is 0 Å². The van der Waals surface area contributed by atoms with Crippen molar-refractivity contribution in [2.75, 3.05) is 0 Å². The second kappa shape index (κ2) is 10.1. The summed E-state index contributed by atoms with van der Waals surface area (Å²) in [5, 5.41) is 13.4. The molecule has 0 aliphatic rings. The topological polar surface area (TPSA) is 76.2 Å². The normalized spacial score (nSPS) is 15.0. The number of carbonyl (C=O) groups excluding carboxylic acids is 1. The fourth-order valence-electron chi connectivity index (χ4n) is 2.31. The summed E-state index contributed by atoms with van der Waals surface area (Å²) in [4.78, 5) is 15.7. The molecule has 0 bridgehead atoms. The zero-order valence-electron chi connectivity index (χ0n) is 12.9. The Labute approximate surface area is 137 Å². The summed E-state index contributed by atoms with van der Waals surface area (Å²) in [6.07, 6.45) is 7.37. The van der Waals surface area contributed by atoms with Gasteiger partial charge in [0, 0.05) is 17.5 Å². The van der Waals surface area contributed by atoms with Crippen molar-refractivity contribution in [2.45, 2.75) is 70.3 Å². The maximum Gasteiger partial charge on any atom is 0.249 e. The van der Waals surface area contributed by atoms with Crippen molar-refractivity contribution in [2.24, 2.45) is 5.73 Å². The van der Waals surface area contributed by atoms with E-state index in [2.05, 4.69) is 11.9 Å². The van der Waals surface area contributed by atoms with Gasteiger partial charge in [-0.1, -0.05) is 39.5 Å².